The third kappa shape index (κ3) is 4.68. The third-order valence-electron chi connectivity index (χ3n) is 4.40. The van der Waals surface area contributed by atoms with E-state index in [1.807, 2.05) is 60.7 Å². The molecule has 0 atom stereocenters. The SMILES string of the molecule is N#Cc1cccc(CSc2nnc(Cc3ccccc3)n2-c2cccc(Cl)c2)c1. The summed E-state index contributed by atoms with van der Waals surface area (Å²) < 4.78 is 2.05. The van der Waals surface area contributed by atoms with Gasteiger partial charge in [-0.15, -0.1) is 10.2 Å². The van der Waals surface area contributed by atoms with Crippen molar-refractivity contribution in [2.45, 2.75) is 17.3 Å². The van der Waals surface area contributed by atoms with E-state index in [9.17, 15) is 0 Å². The minimum absolute atomic E-state index is 0.657. The molecule has 0 saturated carbocycles. The van der Waals surface area contributed by atoms with E-state index in [2.05, 4.69) is 33.0 Å². The van der Waals surface area contributed by atoms with Crippen molar-refractivity contribution in [3.8, 4) is 11.8 Å². The van der Waals surface area contributed by atoms with Crippen molar-refractivity contribution < 1.29 is 0 Å². The number of benzene rings is 3. The van der Waals surface area contributed by atoms with E-state index in [-0.39, 0.29) is 0 Å². The first-order valence-corrected chi connectivity index (χ1v) is 10.5. The highest BCUT2D eigenvalue weighted by molar-refractivity contribution is 7.98. The van der Waals surface area contributed by atoms with Crippen molar-refractivity contribution >= 4 is 23.4 Å². The molecular formula is C23H17ClN4S. The lowest BCUT2D eigenvalue weighted by atomic mass is 10.1. The number of hydrogen-bond acceptors (Lipinski definition) is 4. The van der Waals surface area contributed by atoms with E-state index in [0.717, 1.165) is 22.2 Å². The fourth-order valence-corrected chi connectivity index (χ4v) is 4.14. The fraction of sp³-hybridized carbons (Fsp3) is 0.0870. The Morgan fingerprint density at radius 1 is 0.897 bits per heavy atom. The van der Waals surface area contributed by atoms with Crippen molar-refractivity contribution in [3.63, 3.8) is 0 Å². The predicted octanol–water partition coefficient (Wildman–Crippen LogP) is 5.68. The zero-order valence-electron chi connectivity index (χ0n) is 15.5. The van der Waals surface area contributed by atoms with Crippen LogP contribution in [-0.2, 0) is 12.2 Å². The Morgan fingerprint density at radius 3 is 2.48 bits per heavy atom. The molecule has 1 aromatic heterocycles. The van der Waals surface area contributed by atoms with Gasteiger partial charge in [-0.25, -0.2) is 0 Å². The minimum atomic E-state index is 0.657. The van der Waals surface area contributed by atoms with Crippen molar-refractivity contribution in [1.82, 2.24) is 14.8 Å². The molecular weight excluding hydrogens is 400 g/mol. The highest BCUT2D eigenvalue weighted by atomic mass is 35.5. The number of hydrogen-bond donors (Lipinski definition) is 0. The zero-order chi connectivity index (χ0) is 20.1. The molecule has 6 heteroatoms. The molecule has 4 rings (SSSR count). The molecule has 0 aliphatic heterocycles. The van der Waals surface area contributed by atoms with Crippen LogP contribution in [0.1, 0.15) is 22.5 Å². The number of nitrogens with zero attached hydrogens (tertiary/aromatic N) is 4. The van der Waals surface area contributed by atoms with Gasteiger partial charge in [0.1, 0.15) is 5.82 Å². The summed E-state index contributed by atoms with van der Waals surface area (Å²) in [6, 6.07) is 27.7. The summed E-state index contributed by atoms with van der Waals surface area (Å²) >= 11 is 7.83. The molecule has 0 fully saturated rings. The second-order valence-electron chi connectivity index (χ2n) is 6.48. The Balaban J connectivity index is 1.67. The van der Waals surface area contributed by atoms with Crippen LogP contribution in [0.3, 0.4) is 0 Å². The molecule has 0 amide bonds. The largest absolute Gasteiger partial charge is 0.274 e. The summed E-state index contributed by atoms with van der Waals surface area (Å²) in [6.45, 7) is 0. The first-order valence-electron chi connectivity index (χ1n) is 9.09. The zero-order valence-corrected chi connectivity index (χ0v) is 17.1. The maximum Gasteiger partial charge on any atom is 0.196 e. The highest BCUT2D eigenvalue weighted by Gasteiger charge is 2.15. The highest BCUT2D eigenvalue weighted by Crippen LogP contribution is 2.27. The van der Waals surface area contributed by atoms with Crippen LogP contribution in [0.4, 0.5) is 0 Å². The van der Waals surface area contributed by atoms with Crippen LogP contribution in [0, 0.1) is 11.3 Å². The summed E-state index contributed by atoms with van der Waals surface area (Å²) in [5, 5.41) is 19.5. The lowest BCUT2D eigenvalue weighted by Crippen LogP contribution is -2.04. The molecule has 1 heterocycles. The molecule has 4 aromatic rings. The molecule has 142 valence electrons. The van der Waals surface area contributed by atoms with Gasteiger partial charge in [-0.05, 0) is 41.5 Å². The minimum Gasteiger partial charge on any atom is -0.274 e. The maximum absolute atomic E-state index is 9.11. The molecule has 0 radical (unpaired) electrons. The van der Waals surface area contributed by atoms with Gasteiger partial charge in [0.25, 0.3) is 0 Å². The first kappa shape index (κ1) is 19.3. The molecule has 0 N–H and O–H groups in total. The lowest BCUT2D eigenvalue weighted by Gasteiger charge is -2.11. The van der Waals surface area contributed by atoms with E-state index in [0.29, 0.717) is 22.8 Å². The van der Waals surface area contributed by atoms with Gasteiger partial charge in [-0.1, -0.05) is 71.9 Å². The molecule has 0 bridgehead atoms. The van der Waals surface area contributed by atoms with Crippen molar-refractivity contribution in [3.05, 3.63) is 106 Å². The van der Waals surface area contributed by atoms with Gasteiger partial charge >= 0.3 is 0 Å². The van der Waals surface area contributed by atoms with Crippen molar-refractivity contribution in [1.29, 1.82) is 5.26 Å². The Kier molecular flexibility index (Phi) is 5.95. The van der Waals surface area contributed by atoms with E-state index < -0.39 is 0 Å². The molecule has 3 aromatic carbocycles. The normalized spacial score (nSPS) is 10.6. The summed E-state index contributed by atoms with van der Waals surface area (Å²) in [5.74, 6) is 1.55. The number of aromatic nitrogens is 3. The topological polar surface area (TPSA) is 54.5 Å². The number of thioether (sulfide) groups is 1. The van der Waals surface area contributed by atoms with Crippen LogP contribution in [0.2, 0.25) is 5.02 Å². The van der Waals surface area contributed by atoms with Gasteiger partial charge in [0.2, 0.25) is 0 Å². The second-order valence-corrected chi connectivity index (χ2v) is 7.86. The van der Waals surface area contributed by atoms with Crippen LogP contribution in [0.5, 0.6) is 0 Å². The lowest BCUT2D eigenvalue weighted by molar-refractivity contribution is 0.848. The molecule has 0 aliphatic carbocycles. The predicted molar refractivity (Wildman–Crippen MR) is 116 cm³/mol. The van der Waals surface area contributed by atoms with Gasteiger partial charge < -0.3 is 0 Å². The summed E-state index contributed by atoms with van der Waals surface area (Å²) in [4.78, 5) is 0. The standard InChI is InChI=1S/C23H17ClN4S/c24-20-10-5-11-21(14-20)28-22(13-17-6-2-1-3-7-17)26-27-23(28)29-16-19-9-4-8-18(12-19)15-25/h1-12,14H,13,16H2. The molecule has 0 aliphatic rings. The van der Waals surface area contributed by atoms with Crippen LogP contribution >= 0.6 is 23.4 Å². The maximum atomic E-state index is 9.11. The van der Waals surface area contributed by atoms with Gasteiger partial charge in [-0.3, -0.25) is 4.57 Å². The Hall–Kier alpha value is -3.07. The van der Waals surface area contributed by atoms with Gasteiger partial charge in [0.05, 0.1) is 17.3 Å². The summed E-state index contributed by atoms with van der Waals surface area (Å²) in [5.41, 5.74) is 3.83. The third-order valence-corrected chi connectivity index (χ3v) is 5.63. The smallest absolute Gasteiger partial charge is 0.196 e. The average molecular weight is 417 g/mol. The fourth-order valence-electron chi connectivity index (χ4n) is 3.04. The summed E-state index contributed by atoms with van der Waals surface area (Å²) in [6.07, 6.45) is 0.671. The van der Waals surface area contributed by atoms with Crippen molar-refractivity contribution in [2.75, 3.05) is 0 Å². The van der Waals surface area contributed by atoms with Gasteiger partial charge in [0, 0.05) is 17.2 Å². The number of rotatable bonds is 6. The number of nitriles is 1. The van der Waals surface area contributed by atoms with Gasteiger partial charge in [0.15, 0.2) is 5.16 Å². The van der Waals surface area contributed by atoms with Crippen LogP contribution in [0.25, 0.3) is 5.69 Å². The summed E-state index contributed by atoms with van der Waals surface area (Å²) in [7, 11) is 0. The molecule has 0 saturated heterocycles. The average Bonchev–Trinajstić information content (AvgIpc) is 3.15. The van der Waals surface area contributed by atoms with Crippen molar-refractivity contribution in [2.24, 2.45) is 0 Å². The monoisotopic (exact) mass is 416 g/mol. The molecule has 0 unspecified atom stereocenters. The van der Waals surface area contributed by atoms with E-state index in [1.54, 1.807) is 17.8 Å². The first-order chi connectivity index (χ1) is 14.2. The molecule has 29 heavy (non-hydrogen) atoms. The Bertz CT molecular complexity index is 1160. The quantitative estimate of drug-likeness (QED) is 0.379. The second kappa shape index (κ2) is 8.95. The number of halogens is 1. The van der Waals surface area contributed by atoms with Crippen LogP contribution < -0.4 is 0 Å². The van der Waals surface area contributed by atoms with E-state index in [4.69, 9.17) is 16.9 Å². The van der Waals surface area contributed by atoms with E-state index >= 15 is 0 Å². The Labute approximate surface area is 178 Å². The molecule has 4 nitrogen and oxygen atoms in total. The van der Waals surface area contributed by atoms with Crippen LogP contribution in [0.15, 0.2) is 84.0 Å². The van der Waals surface area contributed by atoms with Crippen LogP contribution in [-0.4, -0.2) is 14.8 Å². The Morgan fingerprint density at radius 2 is 1.69 bits per heavy atom. The van der Waals surface area contributed by atoms with Gasteiger partial charge in [-0.2, -0.15) is 5.26 Å². The molecule has 0 spiro atoms. The van der Waals surface area contributed by atoms with E-state index in [1.165, 1.54) is 5.56 Å².